The van der Waals surface area contributed by atoms with Crippen molar-refractivity contribution >= 4 is 44.9 Å². The van der Waals surface area contributed by atoms with Gasteiger partial charge < -0.3 is 0 Å². The third-order valence-electron chi connectivity index (χ3n) is 2.91. The number of tetrazole rings is 1. The second-order valence-electron chi connectivity index (χ2n) is 4.27. The number of rotatable bonds is 3. The predicted molar refractivity (Wildman–Crippen MR) is 85.7 cm³/mol. The fourth-order valence-corrected chi connectivity index (χ4v) is 3.78. The molecule has 108 valence electrons. The Bertz CT molecular complexity index is 950. The second-order valence-corrected chi connectivity index (χ2v) is 6.56. The Kier molecular flexibility index (Phi) is 3.49. The van der Waals surface area contributed by atoms with Crippen molar-refractivity contribution in [3.63, 3.8) is 0 Å². The molecule has 3 heterocycles. The fourth-order valence-electron chi connectivity index (χ4n) is 1.95. The average Bonchev–Trinajstić information content (AvgIpc) is 3.16. The molecule has 4 rings (SSSR count). The smallest absolute Gasteiger partial charge is 0.220 e. The highest BCUT2D eigenvalue weighted by Gasteiger charge is 2.14. The van der Waals surface area contributed by atoms with Gasteiger partial charge in [-0.2, -0.15) is 4.68 Å². The van der Waals surface area contributed by atoms with Gasteiger partial charge in [0.1, 0.15) is 16.2 Å². The standard InChI is InChI=1S/C13H7ClN6S2/c14-8-2-1-3-9(6-8)20-13(17-18-19-20)22-12-10-4-5-21-11(10)15-7-16-12/h1-7H. The highest BCUT2D eigenvalue weighted by atomic mass is 35.5. The molecule has 0 fully saturated rings. The maximum atomic E-state index is 6.03. The molecule has 0 bridgehead atoms. The Morgan fingerprint density at radius 2 is 2.14 bits per heavy atom. The fraction of sp³-hybridized carbons (Fsp3) is 0. The molecule has 0 amide bonds. The molecule has 0 aliphatic heterocycles. The molecule has 0 N–H and O–H groups in total. The summed E-state index contributed by atoms with van der Waals surface area (Å²) < 4.78 is 1.64. The summed E-state index contributed by atoms with van der Waals surface area (Å²) in [6, 6.07) is 9.36. The summed E-state index contributed by atoms with van der Waals surface area (Å²) in [5, 5.41) is 16.9. The lowest BCUT2D eigenvalue weighted by molar-refractivity contribution is 0.756. The van der Waals surface area contributed by atoms with Crippen molar-refractivity contribution in [2.45, 2.75) is 10.2 Å². The van der Waals surface area contributed by atoms with Gasteiger partial charge in [-0.05, 0) is 51.8 Å². The third kappa shape index (κ3) is 2.45. The van der Waals surface area contributed by atoms with Gasteiger partial charge in [-0.1, -0.05) is 17.7 Å². The molecule has 0 saturated heterocycles. The highest BCUT2D eigenvalue weighted by molar-refractivity contribution is 7.99. The summed E-state index contributed by atoms with van der Waals surface area (Å²) in [5.74, 6) is 0. The first-order chi connectivity index (χ1) is 10.8. The Labute approximate surface area is 138 Å². The van der Waals surface area contributed by atoms with Crippen molar-refractivity contribution in [1.82, 2.24) is 30.2 Å². The SMILES string of the molecule is Clc1cccc(-n2nnnc2Sc2ncnc3sccc23)c1. The summed E-state index contributed by atoms with van der Waals surface area (Å²) in [7, 11) is 0. The summed E-state index contributed by atoms with van der Waals surface area (Å²) in [5.41, 5.74) is 0.801. The van der Waals surface area contributed by atoms with Crippen molar-refractivity contribution in [1.29, 1.82) is 0 Å². The van der Waals surface area contributed by atoms with Crippen LogP contribution in [0.1, 0.15) is 0 Å². The van der Waals surface area contributed by atoms with Crippen LogP contribution in [0.25, 0.3) is 15.9 Å². The maximum Gasteiger partial charge on any atom is 0.220 e. The first-order valence-corrected chi connectivity index (χ1v) is 8.29. The molecule has 0 aliphatic carbocycles. The van der Waals surface area contributed by atoms with Gasteiger partial charge in [-0.25, -0.2) is 9.97 Å². The van der Waals surface area contributed by atoms with Crippen molar-refractivity contribution < 1.29 is 0 Å². The van der Waals surface area contributed by atoms with Gasteiger partial charge >= 0.3 is 0 Å². The monoisotopic (exact) mass is 346 g/mol. The first-order valence-electron chi connectivity index (χ1n) is 6.21. The number of hydrogen-bond donors (Lipinski definition) is 0. The van der Waals surface area contributed by atoms with Crippen LogP contribution in [0, 0.1) is 0 Å². The molecule has 0 aliphatic rings. The van der Waals surface area contributed by atoms with E-state index in [2.05, 4.69) is 25.5 Å². The largest absolute Gasteiger partial charge is 0.229 e. The first kappa shape index (κ1) is 13.6. The van der Waals surface area contributed by atoms with E-state index in [1.807, 2.05) is 35.7 Å². The molecule has 0 saturated carbocycles. The third-order valence-corrected chi connectivity index (χ3v) is 4.92. The molecule has 0 radical (unpaired) electrons. The van der Waals surface area contributed by atoms with Crippen molar-refractivity contribution in [3.05, 3.63) is 47.1 Å². The topological polar surface area (TPSA) is 69.4 Å². The number of aromatic nitrogens is 6. The van der Waals surface area contributed by atoms with Crippen LogP contribution in [0.5, 0.6) is 0 Å². The van der Waals surface area contributed by atoms with Crippen molar-refractivity contribution in [2.75, 3.05) is 0 Å². The number of nitrogens with zero attached hydrogens (tertiary/aromatic N) is 6. The van der Waals surface area contributed by atoms with Crippen LogP contribution in [-0.2, 0) is 0 Å². The number of hydrogen-bond acceptors (Lipinski definition) is 7. The maximum absolute atomic E-state index is 6.03. The molecule has 9 heteroatoms. The van der Waals surface area contributed by atoms with Crippen molar-refractivity contribution in [2.24, 2.45) is 0 Å². The van der Waals surface area contributed by atoms with Crippen LogP contribution in [0.2, 0.25) is 5.02 Å². The van der Waals surface area contributed by atoms with Gasteiger partial charge in [0, 0.05) is 10.4 Å². The van der Waals surface area contributed by atoms with Crippen molar-refractivity contribution in [3.8, 4) is 5.69 Å². The van der Waals surface area contributed by atoms with Gasteiger partial charge in [-0.15, -0.1) is 16.4 Å². The summed E-state index contributed by atoms with van der Waals surface area (Å²) in [4.78, 5) is 9.52. The van der Waals surface area contributed by atoms with E-state index >= 15 is 0 Å². The molecule has 1 aromatic carbocycles. The summed E-state index contributed by atoms with van der Waals surface area (Å²) in [6.07, 6.45) is 1.55. The highest BCUT2D eigenvalue weighted by Crippen LogP contribution is 2.32. The van der Waals surface area contributed by atoms with Gasteiger partial charge in [0.05, 0.1) is 5.69 Å². The number of benzene rings is 1. The summed E-state index contributed by atoms with van der Waals surface area (Å²) >= 11 is 9.00. The van der Waals surface area contributed by atoms with Crippen LogP contribution in [0.3, 0.4) is 0 Å². The molecule has 6 nitrogen and oxygen atoms in total. The van der Waals surface area contributed by atoms with Crippen LogP contribution in [0.15, 0.2) is 52.2 Å². The van der Waals surface area contributed by atoms with E-state index in [-0.39, 0.29) is 0 Å². The van der Waals surface area contributed by atoms with Crippen LogP contribution >= 0.6 is 34.7 Å². The number of halogens is 1. The predicted octanol–water partition coefficient (Wildman–Crippen LogP) is 3.47. The van der Waals surface area contributed by atoms with Gasteiger partial charge in [-0.3, -0.25) is 0 Å². The van der Waals surface area contributed by atoms with Crippen LogP contribution < -0.4 is 0 Å². The van der Waals surface area contributed by atoms with E-state index in [0.717, 1.165) is 20.9 Å². The summed E-state index contributed by atoms with van der Waals surface area (Å²) in [6.45, 7) is 0. The van der Waals surface area contributed by atoms with Crippen LogP contribution in [0.4, 0.5) is 0 Å². The van der Waals surface area contributed by atoms with Gasteiger partial charge in [0.2, 0.25) is 5.16 Å². The van der Waals surface area contributed by atoms with E-state index < -0.39 is 0 Å². The van der Waals surface area contributed by atoms with E-state index in [1.54, 1.807) is 22.3 Å². The van der Waals surface area contributed by atoms with E-state index in [1.165, 1.54) is 11.8 Å². The van der Waals surface area contributed by atoms with E-state index in [0.29, 0.717) is 10.2 Å². The molecule has 4 aromatic rings. The number of thiophene rings is 1. The normalized spacial score (nSPS) is 11.1. The minimum absolute atomic E-state index is 0.619. The molecule has 0 atom stereocenters. The van der Waals surface area contributed by atoms with Gasteiger partial charge in [0.25, 0.3) is 0 Å². The molecular weight excluding hydrogens is 340 g/mol. The molecule has 0 spiro atoms. The molecule has 3 aromatic heterocycles. The van der Waals surface area contributed by atoms with Crippen LogP contribution in [-0.4, -0.2) is 30.2 Å². The molecule has 0 unspecified atom stereocenters. The zero-order chi connectivity index (χ0) is 14.9. The lowest BCUT2D eigenvalue weighted by Crippen LogP contribution is -1.99. The quantitative estimate of drug-likeness (QED) is 0.529. The Morgan fingerprint density at radius 3 is 3.05 bits per heavy atom. The second kappa shape index (κ2) is 5.64. The lowest BCUT2D eigenvalue weighted by atomic mass is 10.3. The molecular formula is C13H7ClN6S2. The Balaban J connectivity index is 1.76. The zero-order valence-electron chi connectivity index (χ0n) is 10.9. The Hall–Kier alpha value is -2.03. The number of fused-ring (bicyclic) bond motifs is 1. The lowest BCUT2D eigenvalue weighted by Gasteiger charge is -2.04. The van der Waals surface area contributed by atoms with Gasteiger partial charge in [0.15, 0.2) is 0 Å². The average molecular weight is 347 g/mol. The Morgan fingerprint density at radius 1 is 1.18 bits per heavy atom. The van der Waals surface area contributed by atoms with E-state index in [9.17, 15) is 0 Å². The minimum Gasteiger partial charge on any atom is -0.229 e. The molecule has 22 heavy (non-hydrogen) atoms. The van der Waals surface area contributed by atoms with E-state index in [4.69, 9.17) is 11.6 Å². The minimum atomic E-state index is 0.619. The zero-order valence-corrected chi connectivity index (χ0v) is 13.3.